The number of rotatable bonds is 5. The summed E-state index contributed by atoms with van der Waals surface area (Å²) in [5.41, 5.74) is 0.781. The maximum absolute atomic E-state index is 12.6. The second-order valence-electron chi connectivity index (χ2n) is 5.72. The van der Waals surface area contributed by atoms with Crippen molar-refractivity contribution in [3.05, 3.63) is 28.7 Å². The third-order valence-corrected chi connectivity index (χ3v) is 5.50. The Bertz CT molecular complexity index is 702. The number of carbonyl (C=O) groups is 1. The highest BCUT2D eigenvalue weighted by Gasteiger charge is 2.32. The molecular weight excluding hydrogens is 360 g/mol. The van der Waals surface area contributed by atoms with Gasteiger partial charge in [-0.25, -0.2) is 0 Å². The van der Waals surface area contributed by atoms with E-state index in [4.69, 9.17) is 21.7 Å². The van der Waals surface area contributed by atoms with Crippen LogP contribution in [0.5, 0.6) is 11.5 Å². The molecule has 1 aromatic carbocycles. The maximum atomic E-state index is 12.6. The van der Waals surface area contributed by atoms with Gasteiger partial charge in [0, 0.05) is 26.2 Å². The normalized spacial score (nSPS) is 20.5. The summed E-state index contributed by atoms with van der Waals surface area (Å²) in [5, 5.41) is 9.67. The van der Waals surface area contributed by atoms with E-state index in [0.717, 1.165) is 38.4 Å². The number of carbonyl (C=O) groups excluding carboxylic acids is 1. The van der Waals surface area contributed by atoms with Crippen molar-refractivity contribution < 1.29 is 19.4 Å². The lowest BCUT2D eigenvalue weighted by atomic mass is 10.2. The van der Waals surface area contributed by atoms with Crippen LogP contribution in [0.1, 0.15) is 5.56 Å². The number of methoxy groups -OCH3 is 1. The van der Waals surface area contributed by atoms with E-state index in [1.54, 1.807) is 29.2 Å². The van der Waals surface area contributed by atoms with Crippen LogP contribution < -0.4 is 4.74 Å². The van der Waals surface area contributed by atoms with Crippen LogP contribution in [0.3, 0.4) is 0 Å². The van der Waals surface area contributed by atoms with Gasteiger partial charge in [0.25, 0.3) is 5.91 Å². The largest absolute Gasteiger partial charge is 0.504 e. The summed E-state index contributed by atoms with van der Waals surface area (Å²) in [5.74, 6) is 0.365. The second kappa shape index (κ2) is 8.18. The first-order valence-corrected chi connectivity index (χ1v) is 9.23. The molecule has 2 aliphatic heterocycles. The lowest BCUT2D eigenvalue weighted by molar-refractivity contribution is -0.122. The van der Waals surface area contributed by atoms with Gasteiger partial charge in [0.05, 0.1) is 25.2 Å². The van der Waals surface area contributed by atoms with Crippen molar-refractivity contribution >= 4 is 40.3 Å². The molecule has 6 nitrogen and oxygen atoms in total. The number of hydrogen-bond acceptors (Lipinski definition) is 7. The molecule has 0 radical (unpaired) electrons. The van der Waals surface area contributed by atoms with Gasteiger partial charge >= 0.3 is 0 Å². The summed E-state index contributed by atoms with van der Waals surface area (Å²) in [6.45, 7) is 4.62. The quantitative estimate of drug-likeness (QED) is 0.619. The average molecular weight is 380 g/mol. The third-order valence-electron chi connectivity index (χ3n) is 4.12. The molecule has 0 spiro atoms. The van der Waals surface area contributed by atoms with Crippen LogP contribution in [0.4, 0.5) is 0 Å². The van der Waals surface area contributed by atoms with Crippen molar-refractivity contribution in [1.29, 1.82) is 0 Å². The molecule has 0 bridgehead atoms. The highest BCUT2D eigenvalue weighted by molar-refractivity contribution is 8.26. The fraction of sp³-hybridized carbons (Fsp3) is 0.412. The molecule has 3 rings (SSSR count). The van der Waals surface area contributed by atoms with Crippen molar-refractivity contribution in [2.24, 2.45) is 0 Å². The maximum Gasteiger partial charge on any atom is 0.266 e. The number of benzene rings is 1. The van der Waals surface area contributed by atoms with Gasteiger partial charge in [0.1, 0.15) is 4.32 Å². The molecule has 1 aromatic rings. The highest BCUT2D eigenvalue weighted by Crippen LogP contribution is 2.34. The molecule has 2 aliphatic rings. The SMILES string of the molecule is COc1cc(/C=C2\SC(=S)N(CCN3CCOCC3)C2=O)ccc1O. The van der Waals surface area contributed by atoms with Gasteiger partial charge in [0.15, 0.2) is 11.5 Å². The van der Waals surface area contributed by atoms with Crippen LogP contribution >= 0.6 is 24.0 Å². The lowest BCUT2D eigenvalue weighted by Gasteiger charge is -2.28. The number of ether oxygens (including phenoxy) is 2. The van der Waals surface area contributed by atoms with E-state index in [-0.39, 0.29) is 11.7 Å². The van der Waals surface area contributed by atoms with Gasteiger partial charge in [-0.05, 0) is 23.8 Å². The van der Waals surface area contributed by atoms with E-state index in [0.29, 0.717) is 21.5 Å². The number of phenols is 1. The van der Waals surface area contributed by atoms with Crippen LogP contribution in [0, 0.1) is 0 Å². The monoisotopic (exact) mass is 380 g/mol. The zero-order valence-corrected chi connectivity index (χ0v) is 15.6. The number of nitrogens with zero attached hydrogens (tertiary/aromatic N) is 2. The topological polar surface area (TPSA) is 62.2 Å². The van der Waals surface area contributed by atoms with E-state index >= 15 is 0 Å². The molecule has 25 heavy (non-hydrogen) atoms. The standard InChI is InChI=1S/C17H20N2O4S2/c1-22-14-10-12(2-3-13(14)20)11-15-16(21)19(17(24)25-15)5-4-18-6-8-23-9-7-18/h2-3,10-11,20H,4-9H2,1H3/b15-11-. The Morgan fingerprint density at radius 3 is 2.84 bits per heavy atom. The van der Waals surface area contributed by atoms with E-state index in [9.17, 15) is 9.90 Å². The Kier molecular flexibility index (Phi) is 5.95. The summed E-state index contributed by atoms with van der Waals surface area (Å²) in [4.78, 5) is 17.1. The first kappa shape index (κ1) is 18.2. The summed E-state index contributed by atoms with van der Waals surface area (Å²) in [6.07, 6.45) is 1.77. The second-order valence-corrected chi connectivity index (χ2v) is 7.39. The minimum atomic E-state index is -0.0738. The average Bonchev–Trinajstić information content (AvgIpc) is 2.89. The Balaban J connectivity index is 1.67. The van der Waals surface area contributed by atoms with Gasteiger partial charge in [-0.1, -0.05) is 30.0 Å². The van der Waals surface area contributed by atoms with Crippen molar-refractivity contribution in [2.75, 3.05) is 46.5 Å². The Morgan fingerprint density at radius 2 is 2.12 bits per heavy atom. The van der Waals surface area contributed by atoms with Crippen molar-refractivity contribution in [3.8, 4) is 11.5 Å². The number of thiocarbonyl (C=S) groups is 1. The number of morpholine rings is 1. The van der Waals surface area contributed by atoms with Crippen LogP contribution in [-0.2, 0) is 9.53 Å². The number of hydrogen-bond donors (Lipinski definition) is 1. The van der Waals surface area contributed by atoms with Crippen LogP contribution in [-0.4, -0.2) is 71.6 Å². The minimum Gasteiger partial charge on any atom is -0.504 e. The van der Waals surface area contributed by atoms with Crippen LogP contribution in [0.2, 0.25) is 0 Å². The fourth-order valence-corrected chi connectivity index (χ4v) is 4.00. The molecule has 1 amide bonds. The molecule has 0 aliphatic carbocycles. The molecule has 2 heterocycles. The molecule has 2 fully saturated rings. The molecule has 8 heteroatoms. The van der Waals surface area contributed by atoms with E-state index in [1.807, 2.05) is 0 Å². The van der Waals surface area contributed by atoms with Gasteiger partial charge in [-0.3, -0.25) is 14.6 Å². The van der Waals surface area contributed by atoms with Crippen molar-refractivity contribution in [1.82, 2.24) is 9.80 Å². The fourth-order valence-electron chi connectivity index (χ4n) is 2.69. The molecule has 0 unspecified atom stereocenters. The highest BCUT2D eigenvalue weighted by atomic mass is 32.2. The summed E-state index contributed by atoms with van der Waals surface area (Å²) in [7, 11) is 1.49. The first-order chi connectivity index (χ1) is 12.1. The van der Waals surface area contributed by atoms with Crippen LogP contribution in [0.15, 0.2) is 23.1 Å². The predicted molar refractivity (Wildman–Crippen MR) is 102 cm³/mol. The zero-order chi connectivity index (χ0) is 17.8. The first-order valence-electron chi connectivity index (χ1n) is 8.01. The Labute approximate surface area is 156 Å². The Hall–Kier alpha value is -1.61. The lowest BCUT2D eigenvalue weighted by Crippen LogP contribution is -2.42. The summed E-state index contributed by atoms with van der Waals surface area (Å²) >= 11 is 6.67. The van der Waals surface area contributed by atoms with Gasteiger partial charge in [-0.2, -0.15) is 0 Å². The van der Waals surface area contributed by atoms with Gasteiger partial charge < -0.3 is 14.6 Å². The molecule has 0 saturated carbocycles. The Morgan fingerprint density at radius 1 is 1.36 bits per heavy atom. The zero-order valence-electron chi connectivity index (χ0n) is 13.9. The number of thioether (sulfide) groups is 1. The number of amides is 1. The molecule has 0 atom stereocenters. The molecule has 134 valence electrons. The number of aromatic hydroxyl groups is 1. The van der Waals surface area contributed by atoms with Gasteiger partial charge in [-0.15, -0.1) is 0 Å². The number of phenolic OH excluding ortho intramolecular Hbond substituents is 1. The summed E-state index contributed by atoms with van der Waals surface area (Å²) in [6, 6.07) is 4.97. The predicted octanol–water partition coefficient (Wildman–Crippen LogP) is 1.93. The minimum absolute atomic E-state index is 0.0673. The summed E-state index contributed by atoms with van der Waals surface area (Å²) < 4.78 is 11.0. The van der Waals surface area contributed by atoms with Crippen molar-refractivity contribution in [3.63, 3.8) is 0 Å². The molecule has 0 aromatic heterocycles. The van der Waals surface area contributed by atoms with Crippen LogP contribution in [0.25, 0.3) is 6.08 Å². The third kappa shape index (κ3) is 4.33. The molecule has 1 N–H and O–H groups in total. The molecule has 2 saturated heterocycles. The van der Waals surface area contributed by atoms with E-state index in [1.165, 1.54) is 18.9 Å². The smallest absolute Gasteiger partial charge is 0.266 e. The van der Waals surface area contributed by atoms with E-state index < -0.39 is 0 Å². The van der Waals surface area contributed by atoms with Crippen molar-refractivity contribution in [2.45, 2.75) is 0 Å². The molecular formula is C17H20N2O4S2. The van der Waals surface area contributed by atoms with Gasteiger partial charge in [0.2, 0.25) is 0 Å². The van der Waals surface area contributed by atoms with E-state index in [2.05, 4.69) is 4.90 Å².